The van der Waals surface area contributed by atoms with E-state index >= 15 is 0 Å². The Morgan fingerprint density at radius 3 is 2.83 bits per heavy atom. The third-order valence-corrected chi connectivity index (χ3v) is 2.45. The Morgan fingerprint density at radius 2 is 2.33 bits per heavy atom. The van der Waals surface area contributed by atoms with Crippen molar-refractivity contribution in [3.8, 4) is 6.07 Å². The minimum absolute atomic E-state index is 0.0967. The van der Waals surface area contributed by atoms with Gasteiger partial charge >= 0.3 is 0 Å². The zero-order chi connectivity index (χ0) is 13.7. The lowest BCUT2D eigenvalue weighted by atomic mass is 10.2. The molecule has 0 bridgehead atoms. The van der Waals surface area contributed by atoms with Crippen molar-refractivity contribution in [3.63, 3.8) is 0 Å². The standard InChI is InChI=1S/C11H15N5O2/c1-3-15(7-8(2)6-12)11-5-9(16(17)18)4-10(13)14-11/h4-5,8H,3,7H2,1-2H3,(H2,13,14). The monoisotopic (exact) mass is 249 g/mol. The number of nitrogens with two attached hydrogens (primary N) is 1. The molecule has 0 radical (unpaired) electrons. The van der Waals surface area contributed by atoms with E-state index in [2.05, 4.69) is 11.1 Å². The number of aromatic nitrogens is 1. The highest BCUT2D eigenvalue weighted by molar-refractivity contribution is 5.54. The summed E-state index contributed by atoms with van der Waals surface area (Å²) in [6.07, 6.45) is 0. The van der Waals surface area contributed by atoms with Crippen LogP contribution in [-0.2, 0) is 0 Å². The molecule has 1 aromatic rings. The van der Waals surface area contributed by atoms with Gasteiger partial charge < -0.3 is 10.6 Å². The number of nitriles is 1. The fourth-order valence-corrected chi connectivity index (χ4v) is 1.55. The van der Waals surface area contributed by atoms with E-state index < -0.39 is 4.92 Å². The molecule has 0 aromatic carbocycles. The van der Waals surface area contributed by atoms with Crippen molar-refractivity contribution >= 4 is 17.3 Å². The topological polar surface area (TPSA) is 109 Å². The molecule has 1 aromatic heterocycles. The fraction of sp³-hybridized carbons (Fsp3) is 0.455. The van der Waals surface area contributed by atoms with Gasteiger partial charge in [-0.1, -0.05) is 0 Å². The van der Waals surface area contributed by atoms with Crippen molar-refractivity contribution in [2.75, 3.05) is 23.7 Å². The number of pyridine rings is 1. The molecule has 1 rings (SSSR count). The number of nitro groups is 1. The summed E-state index contributed by atoms with van der Waals surface area (Å²) in [6, 6.07) is 4.70. The first-order chi connectivity index (χ1) is 8.47. The summed E-state index contributed by atoms with van der Waals surface area (Å²) in [5.74, 6) is 0.334. The van der Waals surface area contributed by atoms with Crippen molar-refractivity contribution in [1.82, 2.24) is 4.98 Å². The summed E-state index contributed by atoms with van der Waals surface area (Å²) in [7, 11) is 0. The lowest BCUT2D eigenvalue weighted by Crippen LogP contribution is -2.28. The summed E-state index contributed by atoms with van der Waals surface area (Å²) in [5.41, 5.74) is 5.45. The Labute approximate surface area is 105 Å². The van der Waals surface area contributed by atoms with Gasteiger partial charge in [-0.05, 0) is 13.8 Å². The van der Waals surface area contributed by atoms with Gasteiger partial charge in [0.25, 0.3) is 5.69 Å². The summed E-state index contributed by atoms with van der Waals surface area (Å²) in [5, 5.41) is 19.5. The SMILES string of the molecule is CCN(CC(C)C#N)c1cc([N+](=O)[O-])cc(N)n1. The molecule has 0 fully saturated rings. The average Bonchev–Trinajstić information content (AvgIpc) is 2.34. The number of nitrogen functional groups attached to an aromatic ring is 1. The maximum atomic E-state index is 10.7. The van der Waals surface area contributed by atoms with E-state index in [1.54, 1.807) is 11.8 Å². The number of hydrogen-bond donors (Lipinski definition) is 1. The zero-order valence-corrected chi connectivity index (χ0v) is 10.3. The molecule has 1 unspecified atom stereocenters. The van der Waals surface area contributed by atoms with Crippen LogP contribution in [0.1, 0.15) is 13.8 Å². The molecule has 0 saturated carbocycles. The van der Waals surface area contributed by atoms with Crippen molar-refractivity contribution in [1.29, 1.82) is 5.26 Å². The molecule has 2 N–H and O–H groups in total. The minimum atomic E-state index is -0.511. The minimum Gasteiger partial charge on any atom is -0.383 e. The molecule has 0 saturated heterocycles. The summed E-state index contributed by atoms with van der Waals surface area (Å²) >= 11 is 0. The maximum absolute atomic E-state index is 10.7. The maximum Gasteiger partial charge on any atom is 0.276 e. The molecule has 0 spiro atoms. The van der Waals surface area contributed by atoms with E-state index in [9.17, 15) is 10.1 Å². The number of hydrogen-bond acceptors (Lipinski definition) is 6. The molecule has 7 heteroatoms. The van der Waals surface area contributed by atoms with Crippen LogP contribution in [0.25, 0.3) is 0 Å². The smallest absolute Gasteiger partial charge is 0.276 e. The van der Waals surface area contributed by atoms with Crippen LogP contribution in [0.4, 0.5) is 17.3 Å². The molecule has 0 amide bonds. The van der Waals surface area contributed by atoms with Gasteiger partial charge in [-0.2, -0.15) is 5.26 Å². The predicted octanol–water partition coefficient (Wildman–Crippen LogP) is 1.56. The van der Waals surface area contributed by atoms with Crippen LogP contribution in [0.15, 0.2) is 12.1 Å². The van der Waals surface area contributed by atoms with Crippen LogP contribution < -0.4 is 10.6 Å². The van der Waals surface area contributed by atoms with Gasteiger partial charge in [0.2, 0.25) is 0 Å². The van der Waals surface area contributed by atoms with Crippen LogP contribution >= 0.6 is 0 Å². The second-order valence-corrected chi connectivity index (χ2v) is 3.93. The average molecular weight is 249 g/mol. The number of nitrogens with zero attached hydrogens (tertiary/aromatic N) is 4. The predicted molar refractivity (Wildman–Crippen MR) is 68.0 cm³/mol. The van der Waals surface area contributed by atoms with E-state index in [4.69, 9.17) is 11.0 Å². The molecule has 0 aliphatic heterocycles. The molecule has 18 heavy (non-hydrogen) atoms. The van der Waals surface area contributed by atoms with E-state index in [-0.39, 0.29) is 17.4 Å². The van der Waals surface area contributed by atoms with Gasteiger partial charge in [0.05, 0.1) is 29.0 Å². The van der Waals surface area contributed by atoms with Crippen molar-refractivity contribution < 1.29 is 4.92 Å². The van der Waals surface area contributed by atoms with Gasteiger partial charge in [-0.15, -0.1) is 0 Å². The van der Waals surface area contributed by atoms with Gasteiger partial charge in [-0.25, -0.2) is 4.98 Å². The van der Waals surface area contributed by atoms with E-state index in [1.165, 1.54) is 12.1 Å². The van der Waals surface area contributed by atoms with Crippen LogP contribution in [0.2, 0.25) is 0 Å². The van der Waals surface area contributed by atoms with E-state index in [0.717, 1.165) is 0 Å². The molecule has 7 nitrogen and oxygen atoms in total. The van der Waals surface area contributed by atoms with Crippen molar-refractivity contribution in [2.45, 2.75) is 13.8 Å². The van der Waals surface area contributed by atoms with Crippen molar-refractivity contribution in [3.05, 3.63) is 22.2 Å². The number of rotatable bonds is 5. The Kier molecular flexibility index (Phi) is 4.43. The normalized spacial score (nSPS) is 11.6. The largest absolute Gasteiger partial charge is 0.383 e. The Balaban J connectivity index is 3.06. The Bertz CT molecular complexity index is 483. The number of anilines is 2. The lowest BCUT2D eigenvalue weighted by Gasteiger charge is -2.22. The van der Waals surface area contributed by atoms with E-state index in [0.29, 0.717) is 18.9 Å². The van der Waals surface area contributed by atoms with Gasteiger partial charge in [0.15, 0.2) is 0 Å². The Morgan fingerprint density at radius 1 is 1.67 bits per heavy atom. The Hall–Kier alpha value is -2.36. The first kappa shape index (κ1) is 13.7. The molecular weight excluding hydrogens is 234 g/mol. The third kappa shape index (κ3) is 3.31. The van der Waals surface area contributed by atoms with Crippen LogP contribution in [0, 0.1) is 27.4 Å². The molecule has 1 atom stereocenters. The van der Waals surface area contributed by atoms with E-state index in [1.807, 2.05) is 6.92 Å². The first-order valence-electron chi connectivity index (χ1n) is 5.54. The van der Waals surface area contributed by atoms with Gasteiger partial charge in [-0.3, -0.25) is 10.1 Å². The summed E-state index contributed by atoms with van der Waals surface area (Å²) in [6.45, 7) is 4.73. The molecule has 0 aliphatic rings. The summed E-state index contributed by atoms with van der Waals surface area (Å²) < 4.78 is 0. The molecule has 0 aliphatic carbocycles. The van der Waals surface area contributed by atoms with Crippen LogP contribution in [0.3, 0.4) is 0 Å². The first-order valence-corrected chi connectivity index (χ1v) is 5.54. The second-order valence-electron chi connectivity index (χ2n) is 3.93. The fourth-order valence-electron chi connectivity index (χ4n) is 1.55. The molecule has 96 valence electrons. The van der Waals surface area contributed by atoms with Crippen LogP contribution in [-0.4, -0.2) is 23.0 Å². The highest BCUT2D eigenvalue weighted by Crippen LogP contribution is 2.22. The van der Waals surface area contributed by atoms with Gasteiger partial charge in [0, 0.05) is 13.1 Å². The van der Waals surface area contributed by atoms with Crippen LogP contribution in [0.5, 0.6) is 0 Å². The molecular formula is C11H15N5O2. The lowest BCUT2D eigenvalue weighted by molar-refractivity contribution is -0.384. The van der Waals surface area contributed by atoms with Crippen molar-refractivity contribution in [2.24, 2.45) is 5.92 Å². The molecule has 1 heterocycles. The highest BCUT2D eigenvalue weighted by Gasteiger charge is 2.15. The second kappa shape index (κ2) is 5.82. The quantitative estimate of drug-likeness (QED) is 0.626. The third-order valence-electron chi connectivity index (χ3n) is 2.45. The zero-order valence-electron chi connectivity index (χ0n) is 10.3. The van der Waals surface area contributed by atoms with Gasteiger partial charge in [0.1, 0.15) is 11.6 Å². The summed E-state index contributed by atoms with van der Waals surface area (Å²) in [4.78, 5) is 16.1. The highest BCUT2D eigenvalue weighted by atomic mass is 16.6.